The van der Waals surface area contributed by atoms with Crippen LogP contribution in [0, 0.1) is 5.92 Å². The molecule has 9 nitrogen and oxygen atoms in total. The average Bonchev–Trinajstić information content (AvgIpc) is 3.73. The van der Waals surface area contributed by atoms with Gasteiger partial charge in [0.25, 0.3) is 5.91 Å². The average molecular weight is 592 g/mol. The van der Waals surface area contributed by atoms with E-state index in [0.717, 1.165) is 40.9 Å². The van der Waals surface area contributed by atoms with E-state index in [-0.39, 0.29) is 23.8 Å². The van der Waals surface area contributed by atoms with Crippen molar-refractivity contribution >= 4 is 23.2 Å². The molecule has 4 atom stereocenters. The number of aromatic nitrogens is 3. The number of anilines is 2. The molecule has 2 saturated heterocycles. The first kappa shape index (κ1) is 28.4. The van der Waals surface area contributed by atoms with Crippen LogP contribution < -0.4 is 9.80 Å². The molecular formula is C35H37N5O4. The predicted octanol–water partition coefficient (Wildman–Crippen LogP) is 5.13. The van der Waals surface area contributed by atoms with E-state index in [1.165, 1.54) is 0 Å². The largest absolute Gasteiger partial charge is 0.382 e. The summed E-state index contributed by atoms with van der Waals surface area (Å²) in [7, 11) is 0. The van der Waals surface area contributed by atoms with Crippen molar-refractivity contribution in [2.75, 3.05) is 16.3 Å². The third-order valence-electron chi connectivity index (χ3n) is 9.35. The molecule has 0 unspecified atom stereocenters. The summed E-state index contributed by atoms with van der Waals surface area (Å²) in [6, 6.07) is 25.4. The van der Waals surface area contributed by atoms with Crippen molar-refractivity contribution in [3.05, 3.63) is 107 Å². The molecule has 0 aliphatic carbocycles. The van der Waals surface area contributed by atoms with Gasteiger partial charge in [0, 0.05) is 36.7 Å². The minimum atomic E-state index is -1.12. The van der Waals surface area contributed by atoms with Gasteiger partial charge in [0.15, 0.2) is 5.60 Å². The summed E-state index contributed by atoms with van der Waals surface area (Å²) in [4.78, 5) is 31.0. The van der Waals surface area contributed by atoms with Crippen LogP contribution in [-0.4, -0.2) is 44.6 Å². The molecule has 0 bridgehead atoms. The molecule has 2 fully saturated rings. The first-order chi connectivity index (χ1) is 21.4. The monoisotopic (exact) mass is 591 g/mol. The molecule has 1 aromatic heterocycles. The van der Waals surface area contributed by atoms with E-state index in [1.807, 2.05) is 88.7 Å². The summed E-state index contributed by atoms with van der Waals surface area (Å²) in [5.41, 5.74) is 3.69. The number of hydrogen-bond acceptors (Lipinski definition) is 6. The highest BCUT2D eigenvalue weighted by Gasteiger charge is 2.60. The van der Waals surface area contributed by atoms with Crippen molar-refractivity contribution in [3.8, 4) is 0 Å². The molecule has 7 rings (SSSR count). The van der Waals surface area contributed by atoms with E-state index in [0.29, 0.717) is 44.6 Å². The van der Waals surface area contributed by atoms with Gasteiger partial charge in [-0.2, -0.15) is 0 Å². The third-order valence-corrected chi connectivity index (χ3v) is 9.35. The summed E-state index contributed by atoms with van der Waals surface area (Å²) >= 11 is 0. The van der Waals surface area contributed by atoms with Gasteiger partial charge in [0.05, 0.1) is 24.5 Å². The molecule has 4 aromatic rings. The summed E-state index contributed by atoms with van der Waals surface area (Å²) in [6.07, 6.45) is 4.52. The molecule has 1 spiro atoms. The Bertz CT molecular complexity index is 1660. The highest BCUT2D eigenvalue weighted by molar-refractivity contribution is 6.08. The van der Waals surface area contributed by atoms with Crippen molar-refractivity contribution in [3.63, 3.8) is 0 Å². The smallest absolute Gasteiger partial charge is 0.264 e. The van der Waals surface area contributed by atoms with Gasteiger partial charge in [-0.05, 0) is 55.0 Å². The summed E-state index contributed by atoms with van der Waals surface area (Å²) in [5, 5.41) is 19.2. The number of aliphatic hydroxyl groups is 1. The zero-order valence-corrected chi connectivity index (χ0v) is 24.9. The highest BCUT2D eigenvalue weighted by Crippen LogP contribution is 2.54. The van der Waals surface area contributed by atoms with E-state index in [1.54, 1.807) is 10.9 Å². The van der Waals surface area contributed by atoms with Crippen LogP contribution in [0.25, 0.3) is 0 Å². The second-order valence-electron chi connectivity index (χ2n) is 12.2. The van der Waals surface area contributed by atoms with Crippen molar-refractivity contribution in [2.45, 2.75) is 69.9 Å². The molecule has 2 amide bonds. The van der Waals surface area contributed by atoms with Crippen molar-refractivity contribution in [2.24, 2.45) is 5.92 Å². The number of nitrogens with zero attached hydrogens (tertiary/aromatic N) is 5. The van der Waals surface area contributed by atoms with Gasteiger partial charge < -0.3 is 19.6 Å². The number of piperidine rings is 1. The number of amides is 2. The van der Waals surface area contributed by atoms with E-state index in [2.05, 4.69) is 17.2 Å². The highest BCUT2D eigenvalue weighted by atomic mass is 16.5. The van der Waals surface area contributed by atoms with E-state index >= 15 is 0 Å². The maximum absolute atomic E-state index is 14.5. The van der Waals surface area contributed by atoms with Gasteiger partial charge in [-0.15, -0.1) is 5.10 Å². The zero-order chi connectivity index (χ0) is 30.3. The van der Waals surface area contributed by atoms with Crippen LogP contribution in [0.4, 0.5) is 11.4 Å². The number of aliphatic hydroxyl groups excluding tert-OH is 1. The van der Waals surface area contributed by atoms with Gasteiger partial charge in [-0.1, -0.05) is 72.8 Å². The van der Waals surface area contributed by atoms with Crippen LogP contribution in [0.3, 0.4) is 0 Å². The fourth-order valence-electron chi connectivity index (χ4n) is 7.04. The number of carbonyl (C=O) groups is 2. The maximum atomic E-state index is 14.5. The summed E-state index contributed by atoms with van der Waals surface area (Å²) < 4.78 is 8.57. The van der Waals surface area contributed by atoms with Crippen molar-refractivity contribution in [1.82, 2.24) is 15.0 Å². The minimum Gasteiger partial charge on any atom is -0.382 e. The van der Waals surface area contributed by atoms with Crippen LogP contribution in [0.1, 0.15) is 67.5 Å². The van der Waals surface area contributed by atoms with Crippen LogP contribution in [-0.2, 0) is 33.0 Å². The minimum absolute atomic E-state index is 0.0532. The molecule has 0 saturated carbocycles. The first-order valence-corrected chi connectivity index (χ1v) is 15.6. The Morgan fingerprint density at radius 1 is 1.02 bits per heavy atom. The number of aryl methyl sites for hydroxylation is 1. The standard InChI is InChI=1S/C35H37N5O4/c1-24-20-28(17-19-38-23-30(36-37-38)33(42)26-12-6-3-7-13-26)44-35(24)29-21-27(39-18-9-8-14-32(39)41)15-16-31(29)40(34(35)43)22-25-10-4-2-5-11-25/h2-7,10-13,15-16,21,23-24,28,33,42H,8-9,14,17-20,22H2,1H3/t24-,28+,33+,35+/m0/s1. The Balaban J connectivity index is 1.14. The quantitative estimate of drug-likeness (QED) is 0.305. The SMILES string of the molecule is C[C@H]1C[C@@H](CCn2cc([C@H](O)c3ccccc3)nn2)O[C@]12C(=O)N(Cc1ccccc1)c1ccc(N3CCCCC3=O)cc12. The van der Waals surface area contributed by atoms with Crippen LogP contribution in [0.2, 0.25) is 0 Å². The lowest BCUT2D eigenvalue weighted by Crippen LogP contribution is -2.43. The molecule has 226 valence electrons. The molecular weight excluding hydrogens is 554 g/mol. The van der Waals surface area contributed by atoms with Crippen LogP contribution in [0.5, 0.6) is 0 Å². The Kier molecular flexibility index (Phi) is 7.52. The predicted molar refractivity (Wildman–Crippen MR) is 166 cm³/mol. The first-order valence-electron chi connectivity index (χ1n) is 15.6. The second kappa shape index (κ2) is 11.6. The number of rotatable bonds is 8. The number of hydrogen-bond donors (Lipinski definition) is 1. The van der Waals surface area contributed by atoms with Crippen molar-refractivity contribution in [1.29, 1.82) is 0 Å². The summed E-state index contributed by atoms with van der Waals surface area (Å²) in [5.74, 6) is -0.000829. The third kappa shape index (κ3) is 5.00. The fraction of sp³-hybridized carbons (Fsp3) is 0.371. The lowest BCUT2D eigenvalue weighted by Gasteiger charge is -2.30. The van der Waals surface area contributed by atoms with E-state index < -0.39 is 11.7 Å². The van der Waals surface area contributed by atoms with Gasteiger partial charge in [-0.25, -0.2) is 0 Å². The van der Waals surface area contributed by atoms with Gasteiger partial charge in [0.1, 0.15) is 11.8 Å². The Labute approximate surface area is 257 Å². The Hall–Kier alpha value is -4.34. The fourth-order valence-corrected chi connectivity index (χ4v) is 7.04. The Morgan fingerprint density at radius 2 is 1.80 bits per heavy atom. The second-order valence-corrected chi connectivity index (χ2v) is 12.2. The number of ether oxygens (including phenoxy) is 1. The Morgan fingerprint density at radius 3 is 2.57 bits per heavy atom. The molecule has 1 N–H and O–H groups in total. The topological polar surface area (TPSA) is 101 Å². The normalized spacial score (nSPS) is 23.9. The van der Waals surface area contributed by atoms with Gasteiger partial charge in [-0.3, -0.25) is 14.3 Å². The number of carbonyl (C=O) groups excluding carboxylic acids is 2. The van der Waals surface area contributed by atoms with Crippen molar-refractivity contribution < 1.29 is 19.4 Å². The molecule has 0 radical (unpaired) electrons. The molecule has 4 heterocycles. The maximum Gasteiger partial charge on any atom is 0.264 e. The number of fused-ring (bicyclic) bond motifs is 2. The number of benzene rings is 3. The molecule has 3 aliphatic heterocycles. The lowest BCUT2D eigenvalue weighted by molar-refractivity contribution is -0.146. The molecule has 3 aliphatic rings. The van der Waals surface area contributed by atoms with Crippen LogP contribution >= 0.6 is 0 Å². The molecule has 44 heavy (non-hydrogen) atoms. The van der Waals surface area contributed by atoms with Gasteiger partial charge >= 0.3 is 0 Å². The molecule has 3 aromatic carbocycles. The molecule has 9 heteroatoms. The van der Waals surface area contributed by atoms with E-state index in [9.17, 15) is 14.7 Å². The summed E-state index contributed by atoms with van der Waals surface area (Å²) in [6.45, 7) is 3.77. The lowest BCUT2D eigenvalue weighted by atomic mass is 9.82. The van der Waals surface area contributed by atoms with Crippen LogP contribution in [0.15, 0.2) is 85.1 Å². The van der Waals surface area contributed by atoms with E-state index in [4.69, 9.17) is 4.74 Å². The zero-order valence-electron chi connectivity index (χ0n) is 24.9. The van der Waals surface area contributed by atoms with Gasteiger partial charge in [0.2, 0.25) is 5.91 Å².